The van der Waals surface area contributed by atoms with Gasteiger partial charge < -0.3 is 0 Å². The molecule has 84 valence electrons. The number of hydrogen-bond donors (Lipinski definition) is 1. The van der Waals surface area contributed by atoms with Crippen LogP contribution >= 0.6 is 0 Å². The summed E-state index contributed by atoms with van der Waals surface area (Å²) in [5.74, 6) is 5.70. The van der Waals surface area contributed by atoms with E-state index in [-0.39, 0.29) is 0 Å². The third kappa shape index (κ3) is 2.80. The van der Waals surface area contributed by atoms with E-state index in [1.165, 1.54) is 5.56 Å². The SMILES string of the molecule is N#Cc1ccc(CN2CCN(N)CC2)cc1. The molecule has 0 aromatic heterocycles. The van der Waals surface area contributed by atoms with Crippen molar-refractivity contribution in [3.63, 3.8) is 0 Å². The first-order valence-corrected chi connectivity index (χ1v) is 5.49. The lowest BCUT2D eigenvalue weighted by molar-refractivity contribution is 0.128. The number of benzene rings is 1. The number of hydrazine groups is 1. The predicted molar refractivity (Wildman–Crippen MR) is 62.2 cm³/mol. The van der Waals surface area contributed by atoms with Gasteiger partial charge in [-0.15, -0.1) is 0 Å². The molecule has 2 rings (SSSR count). The standard InChI is InChI=1S/C12H16N4/c13-9-11-1-3-12(4-2-11)10-15-5-7-16(14)8-6-15/h1-4H,5-8,10,14H2. The van der Waals surface area contributed by atoms with E-state index >= 15 is 0 Å². The highest BCUT2D eigenvalue weighted by Crippen LogP contribution is 2.08. The Kier molecular flexibility index (Phi) is 3.52. The predicted octanol–water partition coefficient (Wildman–Crippen LogP) is 0.550. The molecule has 4 heteroatoms. The molecule has 0 amide bonds. The first-order valence-electron chi connectivity index (χ1n) is 5.49. The third-order valence-electron chi connectivity index (χ3n) is 2.90. The molecular formula is C12H16N4. The summed E-state index contributed by atoms with van der Waals surface area (Å²) in [4.78, 5) is 2.38. The van der Waals surface area contributed by atoms with Gasteiger partial charge in [-0.1, -0.05) is 12.1 Å². The van der Waals surface area contributed by atoms with Gasteiger partial charge in [0.1, 0.15) is 0 Å². The zero-order chi connectivity index (χ0) is 11.4. The van der Waals surface area contributed by atoms with Crippen molar-refractivity contribution < 1.29 is 0 Å². The first kappa shape index (κ1) is 11.1. The van der Waals surface area contributed by atoms with Gasteiger partial charge in [0.05, 0.1) is 11.6 Å². The number of rotatable bonds is 2. The van der Waals surface area contributed by atoms with Crippen LogP contribution in [0.1, 0.15) is 11.1 Å². The van der Waals surface area contributed by atoms with Crippen molar-refractivity contribution in [3.05, 3.63) is 35.4 Å². The molecule has 0 spiro atoms. The molecule has 2 N–H and O–H groups in total. The number of piperazine rings is 1. The highest BCUT2D eigenvalue weighted by Gasteiger charge is 2.13. The van der Waals surface area contributed by atoms with Crippen molar-refractivity contribution in [1.82, 2.24) is 9.91 Å². The minimum absolute atomic E-state index is 0.718. The van der Waals surface area contributed by atoms with Crippen LogP contribution in [0.15, 0.2) is 24.3 Å². The van der Waals surface area contributed by atoms with Crippen LogP contribution in [-0.4, -0.2) is 36.1 Å². The second-order valence-corrected chi connectivity index (χ2v) is 4.12. The summed E-state index contributed by atoms with van der Waals surface area (Å²) in [5.41, 5.74) is 1.97. The Labute approximate surface area is 95.8 Å². The summed E-state index contributed by atoms with van der Waals surface area (Å²) in [6.45, 7) is 4.82. The van der Waals surface area contributed by atoms with Gasteiger partial charge in [0.15, 0.2) is 0 Å². The Hall–Kier alpha value is -1.41. The highest BCUT2D eigenvalue weighted by atomic mass is 15.4. The van der Waals surface area contributed by atoms with Crippen molar-refractivity contribution in [2.45, 2.75) is 6.54 Å². The van der Waals surface area contributed by atoms with Crippen LogP contribution in [0.4, 0.5) is 0 Å². The van der Waals surface area contributed by atoms with E-state index < -0.39 is 0 Å². The summed E-state index contributed by atoms with van der Waals surface area (Å²) < 4.78 is 0. The van der Waals surface area contributed by atoms with Crippen molar-refractivity contribution in [3.8, 4) is 6.07 Å². The van der Waals surface area contributed by atoms with Gasteiger partial charge >= 0.3 is 0 Å². The molecule has 0 bridgehead atoms. The van der Waals surface area contributed by atoms with Crippen LogP contribution in [0.5, 0.6) is 0 Å². The second-order valence-electron chi connectivity index (χ2n) is 4.12. The fourth-order valence-electron chi connectivity index (χ4n) is 1.86. The van der Waals surface area contributed by atoms with Crippen LogP contribution in [0, 0.1) is 11.3 Å². The molecular weight excluding hydrogens is 200 g/mol. The van der Waals surface area contributed by atoms with E-state index in [1.54, 1.807) is 0 Å². The molecule has 4 nitrogen and oxygen atoms in total. The number of hydrogen-bond acceptors (Lipinski definition) is 4. The number of nitrogens with zero attached hydrogens (tertiary/aromatic N) is 3. The van der Waals surface area contributed by atoms with Gasteiger partial charge in [0.2, 0.25) is 0 Å². The van der Waals surface area contributed by atoms with Crippen molar-refractivity contribution in [1.29, 1.82) is 5.26 Å². The zero-order valence-electron chi connectivity index (χ0n) is 9.26. The lowest BCUT2D eigenvalue weighted by atomic mass is 10.1. The first-order chi connectivity index (χ1) is 7.78. The van der Waals surface area contributed by atoms with Gasteiger partial charge in [-0.25, -0.2) is 5.01 Å². The maximum atomic E-state index is 8.70. The van der Waals surface area contributed by atoms with Crippen LogP contribution in [0.25, 0.3) is 0 Å². The summed E-state index contributed by atoms with van der Waals surface area (Å²) in [6, 6.07) is 9.91. The zero-order valence-corrected chi connectivity index (χ0v) is 9.26. The third-order valence-corrected chi connectivity index (χ3v) is 2.90. The Morgan fingerprint density at radius 3 is 2.31 bits per heavy atom. The van der Waals surface area contributed by atoms with Crippen LogP contribution in [0.3, 0.4) is 0 Å². The van der Waals surface area contributed by atoms with E-state index in [0.717, 1.165) is 38.3 Å². The molecule has 1 aliphatic rings. The molecule has 1 saturated heterocycles. The lowest BCUT2D eigenvalue weighted by Crippen LogP contribution is -2.48. The van der Waals surface area contributed by atoms with Crippen molar-refractivity contribution in [2.75, 3.05) is 26.2 Å². The topological polar surface area (TPSA) is 56.3 Å². The Morgan fingerprint density at radius 1 is 1.12 bits per heavy atom. The van der Waals surface area contributed by atoms with Crippen molar-refractivity contribution in [2.24, 2.45) is 5.84 Å². The lowest BCUT2D eigenvalue weighted by Gasteiger charge is -2.31. The van der Waals surface area contributed by atoms with E-state index in [0.29, 0.717) is 0 Å². The second kappa shape index (κ2) is 5.08. The molecule has 1 aromatic carbocycles. The van der Waals surface area contributed by atoms with Gasteiger partial charge in [-0.2, -0.15) is 5.26 Å². The van der Waals surface area contributed by atoms with Crippen LogP contribution in [0.2, 0.25) is 0 Å². The largest absolute Gasteiger partial charge is 0.296 e. The normalized spacial score (nSPS) is 18.2. The molecule has 16 heavy (non-hydrogen) atoms. The summed E-state index contributed by atoms with van der Waals surface area (Å²) in [5, 5.41) is 10.6. The average molecular weight is 216 g/mol. The maximum absolute atomic E-state index is 8.70. The quantitative estimate of drug-likeness (QED) is 0.733. The Bertz CT molecular complexity index is 371. The average Bonchev–Trinajstić information content (AvgIpc) is 2.33. The van der Waals surface area contributed by atoms with Gasteiger partial charge in [-0.05, 0) is 17.7 Å². The number of nitriles is 1. The Morgan fingerprint density at radius 2 is 1.75 bits per heavy atom. The molecule has 1 fully saturated rings. The smallest absolute Gasteiger partial charge is 0.0991 e. The summed E-state index contributed by atoms with van der Waals surface area (Å²) >= 11 is 0. The van der Waals surface area contributed by atoms with E-state index in [1.807, 2.05) is 29.3 Å². The molecule has 0 atom stereocenters. The van der Waals surface area contributed by atoms with E-state index in [4.69, 9.17) is 11.1 Å². The molecule has 1 aliphatic heterocycles. The van der Waals surface area contributed by atoms with Crippen LogP contribution < -0.4 is 5.84 Å². The molecule has 0 radical (unpaired) electrons. The van der Waals surface area contributed by atoms with Crippen LogP contribution in [-0.2, 0) is 6.54 Å². The highest BCUT2D eigenvalue weighted by molar-refractivity contribution is 5.31. The summed E-state index contributed by atoms with van der Waals surface area (Å²) in [6.07, 6.45) is 0. The Balaban J connectivity index is 1.91. The van der Waals surface area contributed by atoms with Crippen molar-refractivity contribution >= 4 is 0 Å². The van der Waals surface area contributed by atoms with E-state index in [9.17, 15) is 0 Å². The maximum Gasteiger partial charge on any atom is 0.0991 e. The fourth-order valence-corrected chi connectivity index (χ4v) is 1.86. The molecule has 1 heterocycles. The fraction of sp³-hybridized carbons (Fsp3) is 0.417. The monoisotopic (exact) mass is 216 g/mol. The molecule has 1 aromatic rings. The summed E-state index contributed by atoms with van der Waals surface area (Å²) in [7, 11) is 0. The van der Waals surface area contributed by atoms with E-state index in [2.05, 4.69) is 11.0 Å². The van der Waals surface area contributed by atoms with Gasteiger partial charge in [0.25, 0.3) is 0 Å². The number of nitrogens with two attached hydrogens (primary N) is 1. The van der Waals surface area contributed by atoms with Gasteiger partial charge in [0, 0.05) is 32.7 Å². The molecule has 0 aliphatic carbocycles. The van der Waals surface area contributed by atoms with Gasteiger partial charge in [-0.3, -0.25) is 10.7 Å². The minimum atomic E-state index is 0.718. The minimum Gasteiger partial charge on any atom is -0.296 e. The molecule has 0 saturated carbocycles. The molecule has 0 unspecified atom stereocenters.